The minimum atomic E-state index is -0.795. The van der Waals surface area contributed by atoms with E-state index in [1.54, 1.807) is 25.3 Å². The van der Waals surface area contributed by atoms with Gasteiger partial charge in [0.15, 0.2) is 0 Å². The van der Waals surface area contributed by atoms with Crippen LogP contribution in [-0.4, -0.2) is 29.8 Å². The van der Waals surface area contributed by atoms with Crippen LogP contribution in [0.1, 0.15) is 31.4 Å². The number of nitrogens with one attached hydrogen (secondary N) is 1. The van der Waals surface area contributed by atoms with Gasteiger partial charge in [-0.15, -0.1) is 0 Å². The fraction of sp³-hybridized carbons (Fsp3) is 0.462. The Morgan fingerprint density at radius 2 is 2.22 bits per heavy atom. The van der Waals surface area contributed by atoms with Gasteiger partial charge in [0.2, 0.25) is 0 Å². The van der Waals surface area contributed by atoms with Crippen molar-refractivity contribution in [1.82, 2.24) is 5.32 Å². The SMILES string of the molecule is COc1ccc(C(C)NCCCC(=O)O)c(O)c1. The van der Waals surface area contributed by atoms with Crippen molar-refractivity contribution in [1.29, 1.82) is 0 Å². The molecule has 5 nitrogen and oxygen atoms in total. The van der Waals surface area contributed by atoms with E-state index in [-0.39, 0.29) is 18.2 Å². The third-order valence-electron chi connectivity index (χ3n) is 2.72. The van der Waals surface area contributed by atoms with E-state index >= 15 is 0 Å². The summed E-state index contributed by atoms with van der Waals surface area (Å²) in [5.74, 6) is -0.0151. The number of carboxylic acid groups (broad SMARTS) is 1. The summed E-state index contributed by atoms with van der Waals surface area (Å²) in [7, 11) is 1.54. The Bertz CT molecular complexity index is 406. The molecule has 0 heterocycles. The van der Waals surface area contributed by atoms with Crippen LogP contribution in [-0.2, 0) is 4.79 Å². The number of aliphatic carboxylic acids is 1. The third kappa shape index (κ3) is 4.25. The van der Waals surface area contributed by atoms with Gasteiger partial charge < -0.3 is 20.3 Å². The number of hydrogen-bond donors (Lipinski definition) is 3. The predicted octanol–water partition coefficient (Wildman–Crippen LogP) is 1.92. The van der Waals surface area contributed by atoms with E-state index in [2.05, 4.69) is 5.32 Å². The first kappa shape index (κ1) is 14.3. The van der Waals surface area contributed by atoms with Crippen LogP contribution in [0.15, 0.2) is 18.2 Å². The zero-order valence-electron chi connectivity index (χ0n) is 10.6. The highest BCUT2D eigenvalue weighted by Gasteiger charge is 2.10. The molecule has 1 rings (SSSR count). The van der Waals surface area contributed by atoms with Gasteiger partial charge in [-0.1, -0.05) is 6.07 Å². The summed E-state index contributed by atoms with van der Waals surface area (Å²) in [6.45, 7) is 2.52. The van der Waals surface area contributed by atoms with Gasteiger partial charge in [0.05, 0.1) is 7.11 Å². The summed E-state index contributed by atoms with van der Waals surface area (Å²) in [6.07, 6.45) is 0.713. The summed E-state index contributed by atoms with van der Waals surface area (Å²) in [5, 5.41) is 21.5. The lowest BCUT2D eigenvalue weighted by molar-refractivity contribution is -0.137. The molecule has 0 saturated carbocycles. The number of rotatable bonds is 7. The van der Waals surface area contributed by atoms with Crippen LogP contribution >= 0.6 is 0 Å². The zero-order valence-corrected chi connectivity index (χ0v) is 10.6. The third-order valence-corrected chi connectivity index (χ3v) is 2.72. The van der Waals surface area contributed by atoms with Crippen LogP contribution in [0.4, 0.5) is 0 Å². The lowest BCUT2D eigenvalue weighted by Crippen LogP contribution is -2.20. The Labute approximate surface area is 106 Å². The smallest absolute Gasteiger partial charge is 0.303 e. The Kier molecular flexibility index (Phi) is 5.45. The van der Waals surface area contributed by atoms with Crippen molar-refractivity contribution in [2.75, 3.05) is 13.7 Å². The molecule has 1 aromatic rings. The number of phenols is 1. The van der Waals surface area contributed by atoms with Gasteiger partial charge in [0.1, 0.15) is 11.5 Å². The van der Waals surface area contributed by atoms with Crippen molar-refractivity contribution in [2.45, 2.75) is 25.8 Å². The lowest BCUT2D eigenvalue weighted by atomic mass is 10.1. The number of carbonyl (C=O) groups is 1. The monoisotopic (exact) mass is 253 g/mol. The molecule has 0 spiro atoms. The molecule has 0 bridgehead atoms. The number of ether oxygens (including phenoxy) is 1. The van der Waals surface area contributed by atoms with Crippen molar-refractivity contribution in [3.05, 3.63) is 23.8 Å². The molecule has 0 saturated heterocycles. The van der Waals surface area contributed by atoms with Crippen LogP contribution in [0.5, 0.6) is 11.5 Å². The van der Waals surface area contributed by atoms with Gasteiger partial charge >= 0.3 is 5.97 Å². The fourth-order valence-electron chi connectivity index (χ4n) is 1.68. The molecule has 1 atom stereocenters. The summed E-state index contributed by atoms with van der Waals surface area (Å²) in [5.41, 5.74) is 0.770. The zero-order chi connectivity index (χ0) is 13.5. The van der Waals surface area contributed by atoms with Gasteiger partial charge in [-0.25, -0.2) is 0 Å². The average molecular weight is 253 g/mol. The van der Waals surface area contributed by atoms with Crippen molar-refractivity contribution >= 4 is 5.97 Å². The second-order valence-electron chi connectivity index (χ2n) is 4.10. The quantitative estimate of drug-likeness (QED) is 0.647. The van der Waals surface area contributed by atoms with Crippen LogP contribution in [0, 0.1) is 0 Å². The molecule has 1 unspecified atom stereocenters. The number of hydrogen-bond acceptors (Lipinski definition) is 4. The van der Waals surface area contributed by atoms with E-state index in [0.29, 0.717) is 18.7 Å². The first-order valence-electron chi connectivity index (χ1n) is 5.86. The highest BCUT2D eigenvalue weighted by molar-refractivity contribution is 5.66. The van der Waals surface area contributed by atoms with Gasteiger partial charge in [-0.05, 0) is 26.0 Å². The van der Waals surface area contributed by atoms with Crippen LogP contribution in [0.3, 0.4) is 0 Å². The maximum Gasteiger partial charge on any atom is 0.303 e. The Morgan fingerprint density at radius 1 is 1.50 bits per heavy atom. The number of benzene rings is 1. The van der Waals surface area contributed by atoms with Crippen molar-refractivity contribution < 1.29 is 19.7 Å². The molecule has 0 aliphatic carbocycles. The summed E-state index contributed by atoms with van der Waals surface area (Å²) in [6, 6.07) is 5.10. The van der Waals surface area contributed by atoms with Gasteiger partial charge in [-0.2, -0.15) is 0 Å². The fourth-order valence-corrected chi connectivity index (χ4v) is 1.68. The first-order valence-corrected chi connectivity index (χ1v) is 5.86. The summed E-state index contributed by atoms with van der Waals surface area (Å²) >= 11 is 0. The largest absolute Gasteiger partial charge is 0.507 e. The molecule has 0 amide bonds. The highest BCUT2D eigenvalue weighted by Crippen LogP contribution is 2.28. The first-order chi connectivity index (χ1) is 8.54. The molecule has 0 aliphatic heterocycles. The lowest BCUT2D eigenvalue weighted by Gasteiger charge is -2.16. The molecule has 3 N–H and O–H groups in total. The summed E-state index contributed by atoms with van der Waals surface area (Å²) < 4.78 is 5.01. The Morgan fingerprint density at radius 3 is 2.78 bits per heavy atom. The molecular weight excluding hydrogens is 234 g/mol. The second-order valence-corrected chi connectivity index (χ2v) is 4.10. The second kappa shape index (κ2) is 6.86. The van der Waals surface area contributed by atoms with E-state index in [9.17, 15) is 9.90 Å². The van der Waals surface area contributed by atoms with Crippen LogP contribution in [0.25, 0.3) is 0 Å². The van der Waals surface area contributed by atoms with Crippen molar-refractivity contribution in [3.63, 3.8) is 0 Å². The van der Waals surface area contributed by atoms with Gasteiger partial charge in [0, 0.05) is 24.1 Å². The Balaban J connectivity index is 2.50. The van der Waals surface area contributed by atoms with E-state index in [1.165, 1.54) is 0 Å². The number of phenolic OH excluding ortho intramolecular Hbond substituents is 1. The highest BCUT2D eigenvalue weighted by atomic mass is 16.5. The average Bonchev–Trinajstić information content (AvgIpc) is 2.33. The molecule has 0 radical (unpaired) electrons. The van der Waals surface area contributed by atoms with Gasteiger partial charge in [0.25, 0.3) is 0 Å². The van der Waals surface area contributed by atoms with Gasteiger partial charge in [-0.3, -0.25) is 4.79 Å². The van der Waals surface area contributed by atoms with E-state index in [0.717, 1.165) is 5.56 Å². The maximum absolute atomic E-state index is 10.4. The number of carboxylic acids is 1. The van der Waals surface area contributed by atoms with Crippen LogP contribution < -0.4 is 10.1 Å². The minimum Gasteiger partial charge on any atom is -0.507 e. The van der Waals surface area contributed by atoms with E-state index in [1.807, 2.05) is 6.92 Å². The topological polar surface area (TPSA) is 78.8 Å². The molecule has 5 heteroatoms. The predicted molar refractivity (Wildman–Crippen MR) is 67.9 cm³/mol. The standard InChI is InChI=1S/C13H19NO4/c1-9(14-7-3-4-13(16)17)11-6-5-10(18-2)8-12(11)15/h5-6,8-9,14-15H,3-4,7H2,1-2H3,(H,16,17). The Hall–Kier alpha value is -1.75. The maximum atomic E-state index is 10.4. The summed E-state index contributed by atoms with van der Waals surface area (Å²) in [4.78, 5) is 10.4. The number of methoxy groups -OCH3 is 1. The van der Waals surface area contributed by atoms with Crippen molar-refractivity contribution in [3.8, 4) is 11.5 Å². The van der Waals surface area contributed by atoms with Crippen LogP contribution in [0.2, 0.25) is 0 Å². The molecule has 0 fully saturated rings. The molecule has 0 aromatic heterocycles. The molecule has 0 aliphatic rings. The molecule has 1 aromatic carbocycles. The van der Waals surface area contributed by atoms with Crippen molar-refractivity contribution in [2.24, 2.45) is 0 Å². The molecule has 100 valence electrons. The molecular formula is C13H19NO4. The minimum absolute atomic E-state index is 0.0373. The van der Waals surface area contributed by atoms with E-state index < -0.39 is 5.97 Å². The normalized spacial score (nSPS) is 12.1. The number of aromatic hydroxyl groups is 1. The van der Waals surface area contributed by atoms with E-state index in [4.69, 9.17) is 9.84 Å². The molecule has 18 heavy (non-hydrogen) atoms.